The zero-order chi connectivity index (χ0) is 19.6. The number of nitrogens with one attached hydrogen (secondary N) is 1. The number of aliphatic hydroxyl groups excluding tert-OH is 1. The van der Waals surface area contributed by atoms with Crippen LogP contribution in [-0.2, 0) is 4.74 Å². The molecule has 1 aliphatic rings. The normalized spacial score (nSPS) is 15.5. The molecule has 1 aliphatic heterocycles. The van der Waals surface area contributed by atoms with Crippen LogP contribution in [0.25, 0.3) is 0 Å². The highest BCUT2D eigenvalue weighted by Crippen LogP contribution is 2.29. The van der Waals surface area contributed by atoms with Crippen molar-refractivity contribution in [3.05, 3.63) is 58.1 Å². The third kappa shape index (κ3) is 3.92. The number of ether oxygens (including phenoxy) is 1. The Bertz CT molecular complexity index is 924. The Labute approximate surface area is 162 Å². The van der Waals surface area contributed by atoms with Gasteiger partial charge in [-0.25, -0.2) is 5.01 Å². The van der Waals surface area contributed by atoms with E-state index in [4.69, 9.17) is 21.6 Å². The molecule has 0 amide bonds. The molecule has 1 heterocycles. The fraction of sp³-hybridized carbons (Fsp3) is 0.263. The highest BCUT2D eigenvalue weighted by atomic mass is 35.5. The number of benzene rings is 2. The first-order valence-electron chi connectivity index (χ1n) is 8.32. The first kappa shape index (κ1) is 18.8. The number of nitrogens with zero attached hydrogens (tertiary/aromatic N) is 3. The van der Waals surface area contributed by atoms with E-state index >= 15 is 0 Å². The van der Waals surface area contributed by atoms with Crippen molar-refractivity contribution in [3.8, 4) is 11.8 Å². The highest BCUT2D eigenvalue weighted by molar-refractivity contribution is 6.32. The molecule has 0 fully saturated rings. The van der Waals surface area contributed by atoms with Gasteiger partial charge in [-0.3, -0.25) is 0 Å². The van der Waals surface area contributed by atoms with Crippen molar-refractivity contribution in [2.75, 3.05) is 12.0 Å². The topological polar surface area (TPSA) is 101 Å². The summed E-state index contributed by atoms with van der Waals surface area (Å²) in [5.41, 5.74) is 2.42. The Morgan fingerprint density at radius 1 is 1.37 bits per heavy atom. The van der Waals surface area contributed by atoms with E-state index in [2.05, 4.69) is 10.4 Å². The molecule has 2 atom stereocenters. The van der Waals surface area contributed by atoms with Crippen LogP contribution in [0.4, 0.5) is 5.69 Å². The summed E-state index contributed by atoms with van der Waals surface area (Å²) < 4.78 is 5.61. The summed E-state index contributed by atoms with van der Waals surface area (Å²) in [5.74, 6) is 0.471. The van der Waals surface area contributed by atoms with Gasteiger partial charge in [0, 0.05) is 11.3 Å². The molecule has 0 aliphatic carbocycles. The van der Waals surface area contributed by atoms with E-state index in [0.717, 1.165) is 0 Å². The molecule has 0 aromatic heterocycles. The van der Waals surface area contributed by atoms with Gasteiger partial charge in [-0.15, -0.1) is 5.10 Å². The molecule has 7 nitrogen and oxygen atoms in total. The third-order valence-corrected chi connectivity index (χ3v) is 4.72. The minimum Gasteiger partial charge on any atom is -0.508 e. The molecule has 140 valence electrons. The molecule has 3 N–H and O–H groups in total. The monoisotopic (exact) mass is 386 g/mol. The lowest BCUT2D eigenvalue weighted by molar-refractivity contribution is 0.0493. The molecular weight excluding hydrogens is 368 g/mol. The molecule has 0 spiro atoms. The van der Waals surface area contributed by atoms with Crippen molar-refractivity contribution >= 4 is 23.2 Å². The van der Waals surface area contributed by atoms with Gasteiger partial charge in [-0.1, -0.05) is 17.7 Å². The second kappa shape index (κ2) is 7.74. The molecule has 0 saturated carbocycles. The minimum absolute atomic E-state index is 0.116. The van der Waals surface area contributed by atoms with E-state index in [0.29, 0.717) is 33.3 Å². The molecular formula is C19H19ClN4O3. The van der Waals surface area contributed by atoms with E-state index in [1.807, 2.05) is 6.07 Å². The van der Waals surface area contributed by atoms with Gasteiger partial charge in [-0.2, -0.15) is 5.26 Å². The number of aliphatic hydroxyl groups is 1. The molecule has 0 saturated heterocycles. The lowest BCUT2D eigenvalue weighted by atomic mass is 10.1. The van der Waals surface area contributed by atoms with E-state index in [-0.39, 0.29) is 12.5 Å². The Hall–Kier alpha value is -2.95. The molecule has 0 unspecified atom stereocenters. The van der Waals surface area contributed by atoms with Crippen LogP contribution in [0, 0.1) is 18.3 Å². The van der Waals surface area contributed by atoms with Crippen molar-refractivity contribution in [1.82, 2.24) is 5.01 Å². The number of anilines is 1. The Morgan fingerprint density at radius 2 is 2.15 bits per heavy atom. The number of phenols is 1. The molecule has 27 heavy (non-hydrogen) atoms. The van der Waals surface area contributed by atoms with Crippen LogP contribution in [0.5, 0.6) is 5.75 Å². The Balaban J connectivity index is 1.85. The lowest BCUT2D eigenvalue weighted by Gasteiger charge is -2.29. The first-order valence-corrected chi connectivity index (χ1v) is 8.69. The number of hydrogen-bond donors (Lipinski definition) is 3. The highest BCUT2D eigenvalue weighted by Gasteiger charge is 2.29. The van der Waals surface area contributed by atoms with Crippen molar-refractivity contribution in [1.29, 1.82) is 5.26 Å². The number of halogens is 1. The van der Waals surface area contributed by atoms with Crippen LogP contribution in [0.3, 0.4) is 0 Å². The number of rotatable bonds is 5. The molecule has 0 bridgehead atoms. The molecule has 8 heteroatoms. The summed E-state index contributed by atoms with van der Waals surface area (Å²) in [7, 11) is 0. The summed E-state index contributed by atoms with van der Waals surface area (Å²) in [4.78, 5) is 0. The summed E-state index contributed by atoms with van der Waals surface area (Å²) in [6.45, 7) is 3.57. The van der Waals surface area contributed by atoms with Crippen molar-refractivity contribution in [2.45, 2.75) is 26.1 Å². The van der Waals surface area contributed by atoms with Gasteiger partial charge in [0.25, 0.3) is 0 Å². The average Bonchev–Trinajstić information content (AvgIpc) is 3.12. The molecule has 2 aromatic rings. The van der Waals surface area contributed by atoms with Crippen molar-refractivity contribution < 1.29 is 14.9 Å². The number of phenolic OH excluding ortho intramolecular Hbond substituents is 1. The zero-order valence-electron chi connectivity index (χ0n) is 14.8. The number of hydrogen-bond acceptors (Lipinski definition) is 7. The van der Waals surface area contributed by atoms with E-state index in [1.54, 1.807) is 55.3 Å². The number of nitriles is 1. The van der Waals surface area contributed by atoms with E-state index < -0.39 is 12.3 Å². The quantitative estimate of drug-likeness (QED) is 0.730. The van der Waals surface area contributed by atoms with Crippen molar-refractivity contribution in [2.24, 2.45) is 5.10 Å². The maximum Gasteiger partial charge on any atom is 0.240 e. The number of hydrazone groups is 1. The van der Waals surface area contributed by atoms with Crippen LogP contribution in [-0.4, -0.2) is 40.1 Å². The maximum atomic E-state index is 10.2. The first-order chi connectivity index (χ1) is 12.9. The Morgan fingerprint density at radius 3 is 2.81 bits per heavy atom. The van der Waals surface area contributed by atoms with Crippen LogP contribution in [0.1, 0.15) is 23.6 Å². The summed E-state index contributed by atoms with van der Waals surface area (Å²) >= 11 is 6.22. The van der Waals surface area contributed by atoms with E-state index in [9.17, 15) is 10.2 Å². The predicted molar refractivity (Wildman–Crippen MR) is 102 cm³/mol. The SMILES string of the molecule is Cc1c(N[C@H]([C@H](C)O)N2COC(c3cccc(O)c3)=N2)ccc(C#N)c1Cl. The second-order valence-electron chi connectivity index (χ2n) is 6.21. The number of aromatic hydroxyl groups is 1. The Kier molecular flexibility index (Phi) is 5.40. The van der Waals surface area contributed by atoms with Crippen LogP contribution >= 0.6 is 11.6 Å². The van der Waals surface area contributed by atoms with Gasteiger partial charge in [0.2, 0.25) is 5.90 Å². The second-order valence-corrected chi connectivity index (χ2v) is 6.59. The lowest BCUT2D eigenvalue weighted by Crippen LogP contribution is -2.44. The van der Waals surface area contributed by atoms with Gasteiger partial charge in [-0.05, 0) is 49.7 Å². The fourth-order valence-corrected chi connectivity index (χ4v) is 2.96. The van der Waals surface area contributed by atoms with Crippen molar-refractivity contribution in [3.63, 3.8) is 0 Å². The summed E-state index contributed by atoms with van der Waals surface area (Å²) in [6, 6.07) is 12.0. The van der Waals surface area contributed by atoms with Gasteiger partial charge in [0.15, 0.2) is 6.73 Å². The van der Waals surface area contributed by atoms with Crippen LogP contribution in [0.2, 0.25) is 5.02 Å². The summed E-state index contributed by atoms with van der Waals surface area (Å²) in [6.07, 6.45) is -1.36. The summed E-state index contributed by atoms with van der Waals surface area (Å²) in [5, 5.41) is 38.5. The van der Waals surface area contributed by atoms with Crippen LogP contribution in [0.15, 0.2) is 41.5 Å². The van der Waals surface area contributed by atoms with Gasteiger partial charge in [0.1, 0.15) is 18.0 Å². The predicted octanol–water partition coefficient (Wildman–Crippen LogP) is 3.00. The standard InChI is InChI=1S/C19H19ClN4O3/c1-11-16(7-6-14(9-21)17(11)20)22-18(12(2)25)24-10-27-19(23-24)13-4-3-5-15(26)8-13/h3-8,12,18,22,25-26H,10H2,1-2H3/t12-,18-/m0/s1. The van der Waals surface area contributed by atoms with E-state index in [1.165, 1.54) is 0 Å². The third-order valence-electron chi connectivity index (χ3n) is 4.23. The largest absolute Gasteiger partial charge is 0.508 e. The smallest absolute Gasteiger partial charge is 0.240 e. The fourth-order valence-electron chi connectivity index (χ4n) is 2.76. The zero-order valence-corrected chi connectivity index (χ0v) is 15.6. The molecule has 0 radical (unpaired) electrons. The van der Waals surface area contributed by atoms with Crippen LogP contribution < -0.4 is 5.32 Å². The average molecular weight is 387 g/mol. The van der Waals surface area contributed by atoms with Gasteiger partial charge in [0.05, 0.1) is 16.7 Å². The van der Waals surface area contributed by atoms with Gasteiger partial charge < -0.3 is 20.3 Å². The molecule has 2 aromatic carbocycles. The minimum atomic E-state index is -0.783. The maximum absolute atomic E-state index is 10.2. The molecule has 3 rings (SSSR count). The van der Waals surface area contributed by atoms with Gasteiger partial charge >= 0.3 is 0 Å².